The van der Waals surface area contributed by atoms with Gasteiger partial charge in [-0.15, -0.1) is 0 Å². The SMILES string of the molecule is C=Cc1ccc(NCc2c[nH]c3ncccc23)cc1. The molecule has 2 N–H and O–H groups in total. The van der Waals surface area contributed by atoms with Gasteiger partial charge in [0, 0.05) is 30.0 Å². The van der Waals surface area contributed by atoms with Crippen molar-refractivity contribution in [1.29, 1.82) is 0 Å². The Balaban J connectivity index is 1.76. The van der Waals surface area contributed by atoms with Crippen LogP contribution in [0.4, 0.5) is 5.69 Å². The number of benzene rings is 1. The molecule has 0 fully saturated rings. The summed E-state index contributed by atoms with van der Waals surface area (Å²) < 4.78 is 0. The van der Waals surface area contributed by atoms with E-state index in [9.17, 15) is 0 Å². The Kier molecular flexibility index (Phi) is 3.02. The zero-order valence-electron chi connectivity index (χ0n) is 10.6. The van der Waals surface area contributed by atoms with E-state index < -0.39 is 0 Å². The van der Waals surface area contributed by atoms with E-state index >= 15 is 0 Å². The summed E-state index contributed by atoms with van der Waals surface area (Å²) in [5.74, 6) is 0. The minimum Gasteiger partial charge on any atom is -0.381 e. The Morgan fingerprint density at radius 2 is 2.05 bits per heavy atom. The molecule has 3 nitrogen and oxygen atoms in total. The van der Waals surface area contributed by atoms with Gasteiger partial charge in [0.1, 0.15) is 5.65 Å². The van der Waals surface area contributed by atoms with Crippen LogP contribution in [0.15, 0.2) is 55.4 Å². The van der Waals surface area contributed by atoms with Gasteiger partial charge in [0.25, 0.3) is 0 Å². The highest BCUT2D eigenvalue weighted by Crippen LogP contribution is 2.17. The van der Waals surface area contributed by atoms with Crippen LogP contribution < -0.4 is 5.32 Å². The third-order valence-electron chi connectivity index (χ3n) is 3.17. The highest BCUT2D eigenvalue weighted by molar-refractivity contribution is 5.79. The number of hydrogen-bond acceptors (Lipinski definition) is 2. The van der Waals surface area contributed by atoms with E-state index in [4.69, 9.17) is 0 Å². The largest absolute Gasteiger partial charge is 0.381 e. The maximum atomic E-state index is 4.29. The molecule has 0 bridgehead atoms. The first-order valence-corrected chi connectivity index (χ1v) is 6.24. The average molecular weight is 249 g/mol. The number of H-pyrrole nitrogens is 1. The van der Waals surface area contributed by atoms with E-state index in [1.54, 1.807) is 6.20 Å². The van der Waals surface area contributed by atoms with Crippen molar-refractivity contribution in [3.05, 3.63) is 66.5 Å². The minimum absolute atomic E-state index is 0.777. The summed E-state index contributed by atoms with van der Waals surface area (Å²) in [4.78, 5) is 7.46. The van der Waals surface area contributed by atoms with Gasteiger partial charge in [-0.1, -0.05) is 24.8 Å². The Morgan fingerprint density at radius 1 is 1.21 bits per heavy atom. The van der Waals surface area contributed by atoms with Crippen LogP contribution in [0.3, 0.4) is 0 Å². The number of nitrogens with one attached hydrogen (secondary N) is 2. The maximum absolute atomic E-state index is 4.29. The van der Waals surface area contributed by atoms with Gasteiger partial charge in [-0.2, -0.15) is 0 Å². The van der Waals surface area contributed by atoms with E-state index in [1.807, 2.05) is 30.5 Å². The molecule has 0 amide bonds. The topological polar surface area (TPSA) is 40.7 Å². The smallest absolute Gasteiger partial charge is 0.137 e. The van der Waals surface area contributed by atoms with Crippen molar-refractivity contribution in [3.8, 4) is 0 Å². The molecule has 3 heteroatoms. The summed E-state index contributed by atoms with van der Waals surface area (Å²) in [5, 5.41) is 4.57. The summed E-state index contributed by atoms with van der Waals surface area (Å²) in [6.45, 7) is 4.53. The lowest BCUT2D eigenvalue weighted by molar-refractivity contribution is 1.16. The summed E-state index contributed by atoms with van der Waals surface area (Å²) in [5.41, 5.74) is 4.38. The van der Waals surface area contributed by atoms with Gasteiger partial charge in [-0.3, -0.25) is 0 Å². The Bertz CT molecular complexity index is 695. The van der Waals surface area contributed by atoms with Crippen LogP contribution in [0, 0.1) is 0 Å². The standard InChI is InChI=1S/C16H15N3/c1-2-12-5-7-14(8-6-12)18-10-13-11-19-16-15(13)4-3-9-17-16/h2-9,11,18H,1,10H2,(H,17,19). The lowest BCUT2D eigenvalue weighted by Gasteiger charge is -2.05. The van der Waals surface area contributed by atoms with Crippen molar-refractivity contribution < 1.29 is 0 Å². The molecule has 2 heterocycles. The van der Waals surface area contributed by atoms with Crippen LogP contribution in [0.25, 0.3) is 17.1 Å². The number of fused-ring (bicyclic) bond motifs is 1. The van der Waals surface area contributed by atoms with Crippen molar-refractivity contribution in [1.82, 2.24) is 9.97 Å². The second-order valence-corrected chi connectivity index (χ2v) is 4.39. The molecule has 3 rings (SSSR count). The number of pyridine rings is 1. The molecule has 3 aromatic rings. The number of aromatic nitrogens is 2. The van der Waals surface area contributed by atoms with Crippen LogP contribution in [0.1, 0.15) is 11.1 Å². The maximum Gasteiger partial charge on any atom is 0.137 e. The second-order valence-electron chi connectivity index (χ2n) is 4.39. The van der Waals surface area contributed by atoms with Gasteiger partial charge in [0.05, 0.1) is 0 Å². The van der Waals surface area contributed by atoms with Gasteiger partial charge in [-0.25, -0.2) is 4.98 Å². The minimum atomic E-state index is 0.777. The molecule has 19 heavy (non-hydrogen) atoms. The van der Waals surface area contributed by atoms with E-state index in [0.29, 0.717) is 0 Å². The summed E-state index contributed by atoms with van der Waals surface area (Å²) in [7, 11) is 0. The van der Waals surface area contributed by atoms with E-state index in [2.05, 4.69) is 40.1 Å². The average Bonchev–Trinajstić information content (AvgIpc) is 2.89. The lowest BCUT2D eigenvalue weighted by atomic mass is 10.2. The molecule has 0 unspecified atom stereocenters. The first-order chi connectivity index (χ1) is 9.36. The molecule has 0 aliphatic carbocycles. The third kappa shape index (κ3) is 2.36. The van der Waals surface area contributed by atoms with Crippen LogP contribution in [0.5, 0.6) is 0 Å². The van der Waals surface area contributed by atoms with Crippen molar-refractivity contribution in [2.75, 3.05) is 5.32 Å². The molecule has 0 spiro atoms. The number of rotatable bonds is 4. The summed E-state index contributed by atoms with van der Waals surface area (Å²) in [6.07, 6.45) is 5.64. The van der Waals surface area contributed by atoms with Crippen molar-refractivity contribution >= 4 is 22.8 Å². The summed E-state index contributed by atoms with van der Waals surface area (Å²) >= 11 is 0. The molecule has 0 aliphatic rings. The van der Waals surface area contributed by atoms with Gasteiger partial charge in [-0.05, 0) is 35.4 Å². The first-order valence-electron chi connectivity index (χ1n) is 6.24. The quantitative estimate of drug-likeness (QED) is 0.738. The molecule has 2 aromatic heterocycles. The van der Waals surface area contributed by atoms with Crippen LogP contribution in [-0.2, 0) is 6.54 Å². The van der Waals surface area contributed by atoms with Crippen LogP contribution >= 0.6 is 0 Å². The molecule has 0 atom stereocenters. The van der Waals surface area contributed by atoms with Crippen molar-refractivity contribution in [2.45, 2.75) is 6.54 Å². The van der Waals surface area contributed by atoms with Crippen LogP contribution in [0.2, 0.25) is 0 Å². The van der Waals surface area contributed by atoms with Gasteiger partial charge >= 0.3 is 0 Å². The van der Waals surface area contributed by atoms with E-state index in [-0.39, 0.29) is 0 Å². The molecule has 0 aliphatic heterocycles. The van der Waals surface area contributed by atoms with Gasteiger partial charge in [0.2, 0.25) is 0 Å². The number of hydrogen-bond donors (Lipinski definition) is 2. The third-order valence-corrected chi connectivity index (χ3v) is 3.17. The predicted octanol–water partition coefficient (Wildman–Crippen LogP) is 3.82. The van der Waals surface area contributed by atoms with Crippen molar-refractivity contribution in [3.63, 3.8) is 0 Å². The van der Waals surface area contributed by atoms with E-state index in [1.165, 1.54) is 5.56 Å². The molecule has 0 radical (unpaired) electrons. The zero-order valence-corrected chi connectivity index (χ0v) is 10.6. The Hall–Kier alpha value is -2.55. The van der Waals surface area contributed by atoms with Crippen molar-refractivity contribution in [2.24, 2.45) is 0 Å². The second kappa shape index (κ2) is 4.98. The number of nitrogens with zero attached hydrogens (tertiary/aromatic N) is 1. The van der Waals surface area contributed by atoms with Gasteiger partial charge < -0.3 is 10.3 Å². The fraction of sp³-hybridized carbons (Fsp3) is 0.0625. The Labute approximate surface area is 112 Å². The molecule has 0 saturated heterocycles. The molecule has 94 valence electrons. The monoisotopic (exact) mass is 249 g/mol. The normalized spacial score (nSPS) is 10.5. The highest BCUT2D eigenvalue weighted by atomic mass is 14.9. The van der Waals surface area contributed by atoms with Crippen LogP contribution in [-0.4, -0.2) is 9.97 Å². The molecular formula is C16H15N3. The first kappa shape index (κ1) is 11.5. The van der Waals surface area contributed by atoms with E-state index in [0.717, 1.165) is 28.8 Å². The lowest BCUT2D eigenvalue weighted by Crippen LogP contribution is -1.98. The predicted molar refractivity (Wildman–Crippen MR) is 80.0 cm³/mol. The summed E-state index contributed by atoms with van der Waals surface area (Å²) in [6, 6.07) is 12.3. The molecule has 1 aromatic carbocycles. The van der Waals surface area contributed by atoms with Gasteiger partial charge in [0.15, 0.2) is 0 Å². The fourth-order valence-corrected chi connectivity index (χ4v) is 2.09. The zero-order chi connectivity index (χ0) is 13.1. The molecular weight excluding hydrogens is 234 g/mol. The number of aromatic amines is 1. The number of anilines is 1. The fourth-order valence-electron chi connectivity index (χ4n) is 2.09. The Morgan fingerprint density at radius 3 is 2.84 bits per heavy atom. The highest BCUT2D eigenvalue weighted by Gasteiger charge is 2.03. The molecule has 0 saturated carbocycles.